The summed E-state index contributed by atoms with van der Waals surface area (Å²) in [5, 5.41) is 3.23. The van der Waals surface area contributed by atoms with Gasteiger partial charge in [0.05, 0.1) is 0 Å². The molecule has 4 saturated carbocycles. The van der Waals surface area contributed by atoms with Crippen molar-refractivity contribution < 1.29 is 14.4 Å². The van der Waals surface area contributed by atoms with Crippen molar-refractivity contribution in [2.24, 2.45) is 28.6 Å². The number of allylic oxidation sites excluding steroid dienone is 1. The molecular weight excluding hydrogens is 412 g/mol. The zero-order valence-corrected chi connectivity index (χ0v) is 20.8. The molecule has 1 spiro atoms. The first-order chi connectivity index (χ1) is 15.8. The minimum absolute atomic E-state index is 0.0253. The minimum atomic E-state index is -0.449. The lowest BCUT2D eigenvalue weighted by atomic mass is 9.60. The van der Waals surface area contributed by atoms with Crippen LogP contribution in [0.15, 0.2) is 11.6 Å². The van der Waals surface area contributed by atoms with Crippen molar-refractivity contribution in [2.75, 3.05) is 0 Å². The molecule has 0 saturated heterocycles. The Labute approximate surface area is 199 Å². The van der Waals surface area contributed by atoms with Crippen LogP contribution in [-0.2, 0) is 9.59 Å². The molecule has 0 radical (unpaired) electrons. The number of carbonyl (C=O) groups excluding carboxylic acids is 3. The zero-order chi connectivity index (χ0) is 23.4. The first-order valence-corrected chi connectivity index (χ1v) is 13.7. The predicted octanol–water partition coefficient (Wildman–Crippen LogP) is 5.78. The molecule has 0 bridgehead atoms. The second-order valence-corrected chi connectivity index (χ2v) is 12.1. The van der Waals surface area contributed by atoms with E-state index in [0.29, 0.717) is 24.0 Å². The van der Waals surface area contributed by atoms with Gasteiger partial charge in [0.2, 0.25) is 0 Å². The number of hydrogen-bond donors (Lipinski definition) is 1. The lowest BCUT2D eigenvalue weighted by molar-refractivity contribution is -0.133. The van der Waals surface area contributed by atoms with Crippen LogP contribution in [0.4, 0.5) is 4.79 Å². The quantitative estimate of drug-likeness (QED) is 0.588. The Hall–Kier alpha value is -1.65. The van der Waals surface area contributed by atoms with E-state index in [1.807, 2.05) is 0 Å². The van der Waals surface area contributed by atoms with Gasteiger partial charge >= 0.3 is 6.03 Å². The molecule has 182 valence electrons. The molecule has 4 fully saturated rings. The van der Waals surface area contributed by atoms with Gasteiger partial charge in [0, 0.05) is 29.5 Å². The van der Waals surface area contributed by atoms with E-state index >= 15 is 0 Å². The summed E-state index contributed by atoms with van der Waals surface area (Å²) in [5.41, 5.74) is 0.0198. The summed E-state index contributed by atoms with van der Waals surface area (Å²) in [4.78, 5) is 42.8. The molecule has 5 aliphatic rings. The Morgan fingerprint density at radius 1 is 0.970 bits per heavy atom. The van der Waals surface area contributed by atoms with E-state index in [9.17, 15) is 14.4 Å². The van der Waals surface area contributed by atoms with Gasteiger partial charge in [-0.25, -0.2) is 4.79 Å². The van der Waals surface area contributed by atoms with Crippen LogP contribution in [0, 0.1) is 28.6 Å². The number of urea groups is 1. The predicted molar refractivity (Wildman–Crippen MR) is 128 cm³/mol. The summed E-state index contributed by atoms with van der Waals surface area (Å²) in [6, 6.07) is -0.0470. The van der Waals surface area contributed by atoms with E-state index in [-0.39, 0.29) is 35.4 Å². The monoisotopic (exact) mass is 454 g/mol. The van der Waals surface area contributed by atoms with E-state index in [1.54, 1.807) is 4.90 Å². The maximum atomic E-state index is 14.2. The maximum absolute atomic E-state index is 14.2. The maximum Gasteiger partial charge on any atom is 0.324 e. The largest absolute Gasteiger partial charge is 0.335 e. The van der Waals surface area contributed by atoms with Crippen molar-refractivity contribution in [1.82, 2.24) is 10.2 Å². The van der Waals surface area contributed by atoms with Crippen LogP contribution in [0.2, 0.25) is 0 Å². The molecule has 1 unspecified atom stereocenters. The molecule has 0 aliphatic heterocycles. The number of rotatable bonds is 3. The fourth-order valence-electron chi connectivity index (χ4n) is 8.78. The normalized spacial score (nSPS) is 39.2. The van der Waals surface area contributed by atoms with Crippen molar-refractivity contribution in [3.8, 4) is 0 Å². The fourth-order valence-corrected chi connectivity index (χ4v) is 8.78. The summed E-state index contributed by atoms with van der Waals surface area (Å²) < 4.78 is 0. The highest BCUT2D eigenvalue weighted by molar-refractivity contribution is 6.06. The second-order valence-electron chi connectivity index (χ2n) is 12.1. The molecular formula is C28H42N2O3. The summed E-state index contributed by atoms with van der Waals surface area (Å²) in [6.07, 6.45) is 15.5. The van der Waals surface area contributed by atoms with Gasteiger partial charge in [-0.2, -0.15) is 0 Å². The summed E-state index contributed by atoms with van der Waals surface area (Å²) in [5.74, 6) is 0.842. The zero-order valence-electron chi connectivity index (χ0n) is 20.8. The molecule has 3 amide bonds. The molecule has 1 N–H and O–H groups in total. The standard InChI is InChI=1S/C28H42N2O3/c1-18-16-24(31)28-19(2)22(17-27(28,3)15-14-23(18)28)25(32)30(21-12-8-5-9-13-21)26(33)29-20-10-6-4-7-11-20/h17-21,23H,4-16H2,1-3H3,(H,29,33)/t18-,19-,23?,27+,28+/m1/s1. The Morgan fingerprint density at radius 2 is 1.61 bits per heavy atom. The number of imide groups is 1. The number of ketones is 1. The first kappa shape index (κ1) is 23.1. The molecule has 0 heterocycles. The number of amides is 3. The molecule has 5 atom stereocenters. The van der Waals surface area contributed by atoms with Gasteiger partial charge in [-0.05, 0) is 61.7 Å². The van der Waals surface area contributed by atoms with E-state index < -0.39 is 5.41 Å². The van der Waals surface area contributed by atoms with Gasteiger partial charge in [-0.15, -0.1) is 0 Å². The molecule has 0 aromatic rings. The Bertz CT molecular complexity index is 853. The topological polar surface area (TPSA) is 66.5 Å². The fraction of sp³-hybridized carbons (Fsp3) is 0.821. The summed E-state index contributed by atoms with van der Waals surface area (Å²) in [6.45, 7) is 6.51. The third-order valence-electron chi connectivity index (χ3n) is 10.3. The van der Waals surface area contributed by atoms with E-state index in [1.165, 1.54) is 12.8 Å². The first-order valence-electron chi connectivity index (χ1n) is 13.7. The average Bonchev–Trinajstić information content (AvgIpc) is 3.34. The van der Waals surface area contributed by atoms with Crippen molar-refractivity contribution in [2.45, 2.75) is 116 Å². The van der Waals surface area contributed by atoms with Crippen LogP contribution in [0.5, 0.6) is 0 Å². The Morgan fingerprint density at radius 3 is 2.27 bits per heavy atom. The van der Waals surface area contributed by atoms with Gasteiger partial charge in [-0.1, -0.05) is 65.4 Å². The molecule has 0 aromatic carbocycles. The van der Waals surface area contributed by atoms with Gasteiger partial charge in [0.1, 0.15) is 5.78 Å². The number of Topliss-reactive ketones (excluding diaryl/α,β-unsaturated/α-hetero) is 1. The smallest absolute Gasteiger partial charge is 0.324 e. The van der Waals surface area contributed by atoms with E-state index in [0.717, 1.165) is 69.8 Å². The molecule has 0 aromatic heterocycles. The molecule has 5 rings (SSSR count). The number of hydrogen-bond acceptors (Lipinski definition) is 3. The molecule has 5 nitrogen and oxygen atoms in total. The van der Waals surface area contributed by atoms with Gasteiger partial charge in [-0.3, -0.25) is 14.5 Å². The molecule has 33 heavy (non-hydrogen) atoms. The lowest BCUT2D eigenvalue weighted by Crippen LogP contribution is -2.54. The number of nitrogens with zero attached hydrogens (tertiary/aromatic N) is 1. The molecule has 5 heteroatoms. The van der Waals surface area contributed by atoms with Crippen LogP contribution in [0.3, 0.4) is 0 Å². The van der Waals surface area contributed by atoms with Gasteiger partial charge in [0.25, 0.3) is 5.91 Å². The Balaban J connectivity index is 1.45. The van der Waals surface area contributed by atoms with Gasteiger partial charge in [0.15, 0.2) is 0 Å². The second kappa shape index (κ2) is 8.53. The summed E-state index contributed by atoms with van der Waals surface area (Å²) in [7, 11) is 0. The number of carbonyl (C=O) groups is 3. The van der Waals surface area contributed by atoms with Crippen LogP contribution < -0.4 is 5.32 Å². The average molecular weight is 455 g/mol. The highest BCUT2D eigenvalue weighted by atomic mass is 16.2. The van der Waals surface area contributed by atoms with Crippen molar-refractivity contribution >= 4 is 17.7 Å². The third kappa shape index (κ3) is 3.43. The molecule has 5 aliphatic carbocycles. The van der Waals surface area contributed by atoms with E-state index in [2.05, 4.69) is 32.2 Å². The van der Waals surface area contributed by atoms with Crippen molar-refractivity contribution in [3.63, 3.8) is 0 Å². The number of nitrogens with one attached hydrogen (secondary N) is 1. The van der Waals surface area contributed by atoms with E-state index in [4.69, 9.17) is 0 Å². The Kier molecular flexibility index (Phi) is 5.98. The minimum Gasteiger partial charge on any atom is -0.335 e. The summed E-state index contributed by atoms with van der Waals surface area (Å²) >= 11 is 0. The SMILES string of the molecule is C[C@@H]1CC(=O)[C@]23C1CC[C@@]2(C)C=C(C(=O)N(C(=O)NC1CCCCC1)C1CCCCC1)[C@H]3C. The van der Waals surface area contributed by atoms with Crippen LogP contribution in [0.1, 0.15) is 104 Å². The lowest BCUT2D eigenvalue weighted by Gasteiger charge is -2.41. The highest BCUT2D eigenvalue weighted by Crippen LogP contribution is 2.72. The van der Waals surface area contributed by atoms with Crippen molar-refractivity contribution in [3.05, 3.63) is 11.6 Å². The van der Waals surface area contributed by atoms with Gasteiger partial charge < -0.3 is 5.32 Å². The van der Waals surface area contributed by atoms with Crippen molar-refractivity contribution in [1.29, 1.82) is 0 Å². The van der Waals surface area contributed by atoms with Crippen LogP contribution in [0.25, 0.3) is 0 Å². The highest BCUT2D eigenvalue weighted by Gasteiger charge is 2.71. The van der Waals surface area contributed by atoms with Crippen LogP contribution >= 0.6 is 0 Å². The van der Waals surface area contributed by atoms with Crippen LogP contribution in [-0.4, -0.2) is 34.7 Å². The third-order valence-corrected chi connectivity index (χ3v) is 10.3.